The van der Waals surface area contributed by atoms with Crippen molar-refractivity contribution in [2.24, 2.45) is 5.92 Å². The van der Waals surface area contributed by atoms with Crippen molar-refractivity contribution in [2.45, 2.75) is 32.8 Å². The van der Waals surface area contributed by atoms with Gasteiger partial charge in [-0.05, 0) is 18.1 Å². The third kappa shape index (κ3) is 6.90. The van der Waals surface area contributed by atoms with Crippen LogP contribution in [0.25, 0.3) is 0 Å². The molecule has 0 aliphatic heterocycles. The molecule has 0 aliphatic carbocycles. The minimum atomic E-state index is -0.754. The number of carboxylic acids is 1. The molecule has 0 spiro atoms. The van der Waals surface area contributed by atoms with Crippen molar-refractivity contribution < 1.29 is 15.0 Å². The second-order valence-electron chi connectivity index (χ2n) is 3.17. The molecule has 0 saturated carbocycles. The Balaban J connectivity index is 3.36. The van der Waals surface area contributed by atoms with Crippen molar-refractivity contribution in [1.29, 1.82) is 0 Å². The van der Waals surface area contributed by atoms with E-state index >= 15 is 0 Å². The highest BCUT2D eigenvalue weighted by atomic mass is 32.2. The number of carboxylic acid groups (broad SMARTS) is 1. The fraction of sp³-hybridized carbons (Fsp3) is 0.889. The van der Waals surface area contributed by atoms with E-state index in [2.05, 4.69) is 0 Å². The van der Waals surface area contributed by atoms with Crippen LogP contribution < -0.4 is 0 Å². The van der Waals surface area contributed by atoms with E-state index in [9.17, 15) is 9.90 Å². The maximum Gasteiger partial charge on any atom is 0.304 e. The minimum Gasteiger partial charge on any atom is -0.481 e. The van der Waals surface area contributed by atoms with Crippen LogP contribution in [0.3, 0.4) is 0 Å². The van der Waals surface area contributed by atoms with Gasteiger partial charge in [0, 0.05) is 5.75 Å². The summed E-state index contributed by atoms with van der Waals surface area (Å²) >= 11 is 1.59. The summed E-state index contributed by atoms with van der Waals surface area (Å²) in [7, 11) is 0. The van der Waals surface area contributed by atoms with Gasteiger partial charge in [-0.2, -0.15) is 11.8 Å². The van der Waals surface area contributed by atoms with Gasteiger partial charge >= 0.3 is 5.97 Å². The molecule has 2 unspecified atom stereocenters. The van der Waals surface area contributed by atoms with Gasteiger partial charge < -0.3 is 10.2 Å². The highest BCUT2D eigenvalue weighted by Crippen LogP contribution is 2.14. The normalized spacial score (nSPS) is 15.3. The number of aliphatic hydroxyl groups excluding tert-OH is 1. The molecule has 0 amide bonds. The van der Waals surface area contributed by atoms with Crippen LogP contribution >= 0.6 is 11.8 Å². The predicted molar refractivity (Wildman–Crippen MR) is 55.0 cm³/mol. The zero-order valence-corrected chi connectivity index (χ0v) is 9.01. The summed E-state index contributed by atoms with van der Waals surface area (Å²) in [5, 5.41) is 17.8. The van der Waals surface area contributed by atoms with Crippen molar-refractivity contribution in [3.05, 3.63) is 0 Å². The number of aliphatic carboxylic acids is 1. The van der Waals surface area contributed by atoms with Gasteiger partial charge in [0.25, 0.3) is 0 Å². The molecule has 0 aromatic heterocycles. The summed E-state index contributed by atoms with van der Waals surface area (Å²) in [6.07, 6.45) is 0.720. The van der Waals surface area contributed by atoms with Crippen molar-refractivity contribution in [2.75, 3.05) is 11.5 Å². The van der Waals surface area contributed by atoms with Gasteiger partial charge in [0.15, 0.2) is 0 Å². The molecule has 0 aromatic rings. The fourth-order valence-corrected chi connectivity index (χ4v) is 2.02. The third-order valence-electron chi connectivity index (χ3n) is 1.92. The number of carbonyl (C=O) groups is 1. The molecule has 0 fully saturated rings. The van der Waals surface area contributed by atoms with Crippen molar-refractivity contribution in [1.82, 2.24) is 0 Å². The molecule has 4 heteroatoms. The van der Waals surface area contributed by atoms with E-state index in [1.54, 1.807) is 11.8 Å². The zero-order chi connectivity index (χ0) is 10.3. The SMILES string of the molecule is CCC(O)C(C)CSCCC(=O)O. The van der Waals surface area contributed by atoms with Crippen molar-refractivity contribution >= 4 is 17.7 Å². The number of hydrogen-bond donors (Lipinski definition) is 2. The summed E-state index contributed by atoms with van der Waals surface area (Å²) < 4.78 is 0. The monoisotopic (exact) mass is 206 g/mol. The summed E-state index contributed by atoms with van der Waals surface area (Å²) in [6.45, 7) is 3.94. The van der Waals surface area contributed by atoms with Crippen LogP contribution in [-0.2, 0) is 4.79 Å². The van der Waals surface area contributed by atoms with Gasteiger partial charge in [-0.1, -0.05) is 13.8 Å². The van der Waals surface area contributed by atoms with Crippen molar-refractivity contribution in [3.8, 4) is 0 Å². The molecule has 0 radical (unpaired) electrons. The average molecular weight is 206 g/mol. The third-order valence-corrected chi connectivity index (χ3v) is 3.17. The van der Waals surface area contributed by atoms with E-state index < -0.39 is 5.97 Å². The van der Waals surface area contributed by atoms with E-state index in [1.807, 2.05) is 13.8 Å². The molecule has 0 heterocycles. The Hall–Kier alpha value is -0.220. The second kappa shape index (κ2) is 7.21. The summed E-state index contributed by atoms with van der Waals surface area (Å²) in [5.74, 6) is 0.971. The van der Waals surface area contributed by atoms with E-state index in [0.717, 1.165) is 12.2 Å². The Bertz CT molecular complexity index is 150. The van der Waals surface area contributed by atoms with E-state index in [4.69, 9.17) is 5.11 Å². The van der Waals surface area contributed by atoms with Crippen LogP contribution in [0.2, 0.25) is 0 Å². The molecule has 3 nitrogen and oxygen atoms in total. The lowest BCUT2D eigenvalue weighted by Crippen LogP contribution is -2.18. The first kappa shape index (κ1) is 12.8. The predicted octanol–water partition coefficient (Wildman–Crippen LogP) is 1.60. The average Bonchev–Trinajstić information content (AvgIpc) is 2.10. The lowest BCUT2D eigenvalue weighted by Gasteiger charge is -2.16. The fourth-order valence-electron chi connectivity index (χ4n) is 0.942. The number of rotatable bonds is 7. The van der Waals surface area contributed by atoms with Gasteiger partial charge in [-0.25, -0.2) is 0 Å². The first-order valence-corrected chi connectivity index (χ1v) is 5.71. The Kier molecular flexibility index (Phi) is 7.09. The maximum atomic E-state index is 10.2. The van der Waals surface area contributed by atoms with Crippen LogP contribution in [-0.4, -0.2) is 33.8 Å². The van der Waals surface area contributed by atoms with Crippen LogP contribution in [0.4, 0.5) is 0 Å². The standard InChI is InChI=1S/C9H18O3S/c1-3-8(10)7(2)6-13-5-4-9(11)12/h7-8,10H,3-6H2,1-2H3,(H,11,12). The topological polar surface area (TPSA) is 57.5 Å². The Morgan fingerprint density at radius 2 is 2.15 bits per heavy atom. The molecule has 2 atom stereocenters. The summed E-state index contributed by atoms with van der Waals surface area (Å²) in [5.41, 5.74) is 0. The molecular formula is C9H18O3S. The highest BCUT2D eigenvalue weighted by molar-refractivity contribution is 7.99. The number of hydrogen-bond acceptors (Lipinski definition) is 3. The lowest BCUT2D eigenvalue weighted by atomic mass is 10.1. The Morgan fingerprint density at radius 1 is 1.54 bits per heavy atom. The highest BCUT2D eigenvalue weighted by Gasteiger charge is 2.11. The largest absolute Gasteiger partial charge is 0.481 e. The molecule has 0 saturated heterocycles. The van der Waals surface area contributed by atoms with Crippen molar-refractivity contribution in [3.63, 3.8) is 0 Å². The second-order valence-corrected chi connectivity index (χ2v) is 4.32. The first-order valence-electron chi connectivity index (χ1n) is 4.55. The van der Waals surface area contributed by atoms with Gasteiger partial charge in [0.05, 0.1) is 12.5 Å². The lowest BCUT2D eigenvalue weighted by molar-refractivity contribution is -0.136. The van der Waals surface area contributed by atoms with E-state index in [-0.39, 0.29) is 18.4 Å². The Morgan fingerprint density at radius 3 is 2.62 bits per heavy atom. The van der Waals surface area contributed by atoms with Crippen LogP contribution in [0.15, 0.2) is 0 Å². The molecule has 0 aliphatic rings. The molecule has 0 bridgehead atoms. The number of aliphatic hydroxyl groups is 1. The smallest absolute Gasteiger partial charge is 0.304 e. The molecule has 0 rings (SSSR count). The van der Waals surface area contributed by atoms with E-state index in [0.29, 0.717) is 5.75 Å². The zero-order valence-electron chi connectivity index (χ0n) is 8.19. The van der Waals surface area contributed by atoms with Gasteiger partial charge in [0.2, 0.25) is 0 Å². The van der Waals surface area contributed by atoms with E-state index in [1.165, 1.54) is 0 Å². The maximum absolute atomic E-state index is 10.2. The van der Waals surface area contributed by atoms with Gasteiger partial charge in [-0.3, -0.25) is 4.79 Å². The molecule has 2 N–H and O–H groups in total. The summed E-state index contributed by atoms with van der Waals surface area (Å²) in [6, 6.07) is 0. The van der Waals surface area contributed by atoms with Crippen LogP contribution in [0, 0.1) is 5.92 Å². The minimum absolute atomic E-state index is 0.208. The van der Waals surface area contributed by atoms with Gasteiger partial charge in [-0.15, -0.1) is 0 Å². The first-order chi connectivity index (χ1) is 6.07. The summed E-state index contributed by atoms with van der Waals surface area (Å²) in [4.78, 5) is 10.2. The Labute approximate surface area is 83.5 Å². The molecular weight excluding hydrogens is 188 g/mol. The van der Waals surface area contributed by atoms with Gasteiger partial charge in [0.1, 0.15) is 0 Å². The van der Waals surface area contributed by atoms with Crippen LogP contribution in [0.5, 0.6) is 0 Å². The number of thioether (sulfide) groups is 1. The molecule has 13 heavy (non-hydrogen) atoms. The molecule has 0 aromatic carbocycles. The quantitative estimate of drug-likeness (QED) is 0.621. The van der Waals surface area contributed by atoms with Crippen LogP contribution in [0.1, 0.15) is 26.7 Å². The molecule has 78 valence electrons.